The van der Waals surface area contributed by atoms with Crippen LogP contribution < -0.4 is 0 Å². The van der Waals surface area contributed by atoms with Crippen molar-refractivity contribution in [2.45, 2.75) is 104 Å². The zero-order chi connectivity index (χ0) is 19.5. The number of rotatable bonds is 19. The van der Waals surface area contributed by atoms with Crippen LogP contribution in [0.5, 0.6) is 0 Å². The summed E-state index contributed by atoms with van der Waals surface area (Å²) in [6.07, 6.45) is 16.8. The highest BCUT2D eigenvalue weighted by atomic mass is 16.3. The lowest BCUT2D eigenvalue weighted by molar-refractivity contribution is -0.137. The lowest BCUT2D eigenvalue weighted by Crippen LogP contribution is -2.40. The Balaban J connectivity index is 4.35. The maximum Gasteiger partial charge on any atom is 0.225 e. The average molecular weight is 372 g/mol. The van der Waals surface area contributed by atoms with Crippen molar-refractivity contribution in [3.8, 4) is 0 Å². The largest absolute Gasteiger partial charge is 0.395 e. The van der Waals surface area contributed by atoms with Crippen molar-refractivity contribution in [1.82, 2.24) is 4.90 Å². The zero-order valence-electron chi connectivity index (χ0n) is 17.6. The minimum Gasteiger partial charge on any atom is -0.395 e. The molecule has 1 atom stereocenters. The zero-order valence-corrected chi connectivity index (χ0v) is 17.6. The number of hydrogen-bond acceptors (Lipinski definition) is 3. The molecule has 0 aliphatic rings. The van der Waals surface area contributed by atoms with E-state index < -0.39 is 0 Å². The van der Waals surface area contributed by atoms with Crippen LogP contribution in [-0.4, -0.2) is 47.3 Å². The maximum atomic E-state index is 12.9. The first-order valence-corrected chi connectivity index (χ1v) is 11.2. The van der Waals surface area contributed by atoms with Crippen molar-refractivity contribution >= 4 is 5.91 Å². The first-order chi connectivity index (χ1) is 12.7. The highest BCUT2D eigenvalue weighted by molar-refractivity contribution is 5.78. The van der Waals surface area contributed by atoms with E-state index in [4.69, 9.17) is 0 Å². The Hall–Kier alpha value is -0.610. The van der Waals surface area contributed by atoms with Crippen molar-refractivity contribution < 1.29 is 15.0 Å². The smallest absolute Gasteiger partial charge is 0.225 e. The molecule has 26 heavy (non-hydrogen) atoms. The van der Waals surface area contributed by atoms with Gasteiger partial charge in [-0.2, -0.15) is 0 Å². The summed E-state index contributed by atoms with van der Waals surface area (Å²) >= 11 is 0. The second-order valence-electron chi connectivity index (χ2n) is 7.58. The summed E-state index contributed by atoms with van der Waals surface area (Å²) in [6, 6.07) is 0. The van der Waals surface area contributed by atoms with Crippen LogP contribution in [-0.2, 0) is 4.79 Å². The van der Waals surface area contributed by atoms with Gasteiger partial charge >= 0.3 is 0 Å². The van der Waals surface area contributed by atoms with Crippen LogP contribution in [0, 0.1) is 5.92 Å². The Labute approximate surface area is 162 Å². The number of carbonyl (C=O) groups excluding carboxylic acids is 1. The number of unbranched alkanes of at least 4 members (excludes halogenated alkanes) is 10. The van der Waals surface area contributed by atoms with Gasteiger partial charge in [-0.3, -0.25) is 4.79 Å². The van der Waals surface area contributed by atoms with Gasteiger partial charge in [-0.1, -0.05) is 90.9 Å². The van der Waals surface area contributed by atoms with E-state index in [1.54, 1.807) is 4.90 Å². The lowest BCUT2D eigenvalue weighted by Gasteiger charge is -2.26. The molecule has 0 saturated carbocycles. The Morgan fingerprint density at radius 1 is 0.692 bits per heavy atom. The second kappa shape index (κ2) is 19.2. The van der Waals surface area contributed by atoms with Gasteiger partial charge in [0.25, 0.3) is 0 Å². The van der Waals surface area contributed by atoms with E-state index in [1.165, 1.54) is 64.2 Å². The minimum absolute atomic E-state index is 0.0353. The van der Waals surface area contributed by atoms with Crippen molar-refractivity contribution in [1.29, 1.82) is 0 Å². The molecule has 0 spiro atoms. The van der Waals surface area contributed by atoms with Crippen LogP contribution in [0.15, 0.2) is 0 Å². The molecule has 0 fully saturated rings. The fourth-order valence-electron chi connectivity index (χ4n) is 3.57. The van der Waals surface area contributed by atoms with Gasteiger partial charge < -0.3 is 15.1 Å². The summed E-state index contributed by atoms with van der Waals surface area (Å²) in [4.78, 5) is 14.5. The monoisotopic (exact) mass is 371 g/mol. The normalized spacial score (nSPS) is 12.3. The predicted molar refractivity (Wildman–Crippen MR) is 110 cm³/mol. The Bertz CT molecular complexity index is 304. The summed E-state index contributed by atoms with van der Waals surface area (Å²) in [5, 5.41) is 18.4. The summed E-state index contributed by atoms with van der Waals surface area (Å²) in [7, 11) is 0. The van der Waals surface area contributed by atoms with Crippen LogP contribution in [0.2, 0.25) is 0 Å². The van der Waals surface area contributed by atoms with Gasteiger partial charge in [0.1, 0.15) is 0 Å². The third kappa shape index (κ3) is 13.6. The molecule has 0 saturated heterocycles. The molecule has 0 bridgehead atoms. The van der Waals surface area contributed by atoms with Crippen LogP contribution in [0.4, 0.5) is 0 Å². The Morgan fingerprint density at radius 3 is 1.46 bits per heavy atom. The molecule has 0 aromatic rings. The highest BCUT2D eigenvalue weighted by Gasteiger charge is 2.23. The van der Waals surface area contributed by atoms with Crippen LogP contribution >= 0.6 is 0 Å². The van der Waals surface area contributed by atoms with Gasteiger partial charge in [-0.15, -0.1) is 0 Å². The molecule has 2 N–H and O–H groups in total. The maximum absolute atomic E-state index is 12.9. The van der Waals surface area contributed by atoms with E-state index in [1.807, 2.05) is 0 Å². The number of carbonyl (C=O) groups is 1. The van der Waals surface area contributed by atoms with Gasteiger partial charge in [0.05, 0.1) is 13.2 Å². The van der Waals surface area contributed by atoms with Gasteiger partial charge in [0, 0.05) is 19.0 Å². The van der Waals surface area contributed by atoms with E-state index >= 15 is 0 Å². The second-order valence-corrected chi connectivity index (χ2v) is 7.58. The molecule has 156 valence electrons. The first kappa shape index (κ1) is 25.4. The molecule has 4 nitrogen and oxygen atoms in total. The van der Waals surface area contributed by atoms with Crippen LogP contribution in [0.1, 0.15) is 104 Å². The first-order valence-electron chi connectivity index (χ1n) is 11.2. The average Bonchev–Trinajstić information content (AvgIpc) is 2.64. The topological polar surface area (TPSA) is 60.8 Å². The van der Waals surface area contributed by atoms with Gasteiger partial charge in [-0.05, 0) is 12.8 Å². The minimum atomic E-state index is -0.0353. The highest BCUT2D eigenvalue weighted by Crippen LogP contribution is 2.21. The number of nitrogens with zero attached hydrogens (tertiary/aromatic N) is 1. The quantitative estimate of drug-likeness (QED) is 0.317. The molecular formula is C22H45NO3. The summed E-state index contributed by atoms with van der Waals surface area (Å²) < 4.78 is 0. The Morgan fingerprint density at radius 2 is 1.08 bits per heavy atom. The molecule has 1 amide bonds. The molecular weight excluding hydrogens is 326 g/mol. The molecule has 0 aromatic carbocycles. The van der Waals surface area contributed by atoms with Crippen molar-refractivity contribution in [3.63, 3.8) is 0 Å². The van der Waals surface area contributed by atoms with Crippen LogP contribution in [0.3, 0.4) is 0 Å². The molecule has 0 rings (SSSR count). The Kier molecular flexibility index (Phi) is 18.7. The third-order valence-electron chi connectivity index (χ3n) is 5.21. The molecule has 0 heterocycles. The van der Waals surface area contributed by atoms with Gasteiger partial charge in [0.2, 0.25) is 5.91 Å². The predicted octanol–water partition coefficient (Wildman–Crippen LogP) is 4.92. The molecule has 0 aliphatic carbocycles. The van der Waals surface area contributed by atoms with E-state index in [0.29, 0.717) is 13.1 Å². The van der Waals surface area contributed by atoms with Crippen LogP contribution in [0.25, 0.3) is 0 Å². The number of aliphatic hydroxyl groups is 2. The van der Waals surface area contributed by atoms with Crippen molar-refractivity contribution in [3.05, 3.63) is 0 Å². The summed E-state index contributed by atoms with van der Waals surface area (Å²) in [6.45, 7) is 5.06. The van der Waals surface area contributed by atoms with E-state index in [-0.39, 0.29) is 25.0 Å². The van der Waals surface area contributed by atoms with E-state index in [2.05, 4.69) is 13.8 Å². The standard InChI is InChI=1S/C22H45NO3/c1-3-5-7-9-10-12-14-16-21(15-13-11-8-6-4-2)22(26)23(17-19-24)18-20-25/h21,24-25H,3-20H2,1-2H3. The SMILES string of the molecule is CCCCCCCCCC(CCCCCCC)C(=O)N(CCO)CCO. The fourth-order valence-corrected chi connectivity index (χ4v) is 3.57. The number of aliphatic hydroxyl groups excluding tert-OH is 2. The van der Waals surface area contributed by atoms with Gasteiger partial charge in [0.15, 0.2) is 0 Å². The van der Waals surface area contributed by atoms with Crippen molar-refractivity contribution in [2.75, 3.05) is 26.3 Å². The molecule has 1 unspecified atom stereocenters. The van der Waals surface area contributed by atoms with E-state index in [0.717, 1.165) is 25.7 Å². The molecule has 0 aliphatic heterocycles. The molecule has 0 aromatic heterocycles. The van der Waals surface area contributed by atoms with Gasteiger partial charge in [-0.25, -0.2) is 0 Å². The summed E-state index contributed by atoms with van der Waals surface area (Å²) in [5.74, 6) is 0.194. The molecule has 0 radical (unpaired) electrons. The number of amides is 1. The third-order valence-corrected chi connectivity index (χ3v) is 5.21. The molecule has 4 heteroatoms. The summed E-state index contributed by atoms with van der Waals surface area (Å²) in [5.41, 5.74) is 0. The van der Waals surface area contributed by atoms with Crippen molar-refractivity contribution in [2.24, 2.45) is 5.92 Å². The number of hydrogen-bond donors (Lipinski definition) is 2. The lowest BCUT2D eigenvalue weighted by atomic mass is 9.92. The van der Waals surface area contributed by atoms with E-state index in [9.17, 15) is 15.0 Å². The fraction of sp³-hybridized carbons (Fsp3) is 0.955.